The molecule has 6 heteroatoms. The maximum atomic E-state index is 12.5. The van der Waals surface area contributed by atoms with Crippen LogP contribution in [0.5, 0.6) is 0 Å². The highest BCUT2D eigenvalue weighted by Crippen LogP contribution is 2.23. The maximum absolute atomic E-state index is 12.5. The summed E-state index contributed by atoms with van der Waals surface area (Å²) < 4.78 is 5.27. The minimum Gasteiger partial charge on any atom is -0.444 e. The van der Waals surface area contributed by atoms with Crippen molar-refractivity contribution in [3.05, 3.63) is 47.5 Å². The zero-order chi connectivity index (χ0) is 18.6. The van der Waals surface area contributed by atoms with Gasteiger partial charge in [0.05, 0.1) is 17.2 Å². The van der Waals surface area contributed by atoms with Gasteiger partial charge in [-0.15, -0.1) is 0 Å². The molecule has 134 valence electrons. The van der Waals surface area contributed by atoms with Crippen molar-refractivity contribution in [2.45, 2.75) is 45.8 Å². The van der Waals surface area contributed by atoms with Gasteiger partial charge in [0, 0.05) is 6.54 Å². The van der Waals surface area contributed by atoms with Gasteiger partial charge in [-0.25, -0.2) is 4.79 Å². The number of hydrogen-bond donors (Lipinski definition) is 1. The first-order valence-corrected chi connectivity index (χ1v) is 8.29. The molecule has 0 spiro atoms. The number of ether oxygens (including phenoxy) is 1. The number of nitrogens with one attached hydrogen (secondary N) is 1. The number of carbonyl (C=O) groups excluding carboxylic acids is 3. The topological polar surface area (TPSA) is 75.7 Å². The van der Waals surface area contributed by atoms with Gasteiger partial charge in [0.1, 0.15) is 5.60 Å². The molecule has 1 N–H and O–H groups in total. The smallest absolute Gasteiger partial charge is 0.407 e. The van der Waals surface area contributed by atoms with E-state index in [1.165, 1.54) is 4.90 Å². The molecule has 1 aliphatic rings. The van der Waals surface area contributed by atoms with E-state index in [4.69, 9.17) is 4.74 Å². The molecule has 1 aliphatic heterocycles. The zero-order valence-electron chi connectivity index (χ0n) is 15.0. The van der Waals surface area contributed by atoms with Crippen molar-refractivity contribution < 1.29 is 19.1 Å². The third-order valence-electron chi connectivity index (χ3n) is 3.66. The molecule has 1 atom stereocenters. The van der Waals surface area contributed by atoms with E-state index in [1.807, 2.05) is 19.1 Å². The molecule has 3 amide bonds. The van der Waals surface area contributed by atoms with E-state index in [1.54, 1.807) is 45.0 Å². The second-order valence-electron chi connectivity index (χ2n) is 6.91. The van der Waals surface area contributed by atoms with Gasteiger partial charge in [0.25, 0.3) is 11.8 Å². The molecule has 1 heterocycles. The molecule has 1 aromatic carbocycles. The quantitative estimate of drug-likeness (QED) is 0.658. The molecule has 0 unspecified atom stereocenters. The van der Waals surface area contributed by atoms with Crippen LogP contribution in [0.1, 0.15) is 54.8 Å². The van der Waals surface area contributed by atoms with Gasteiger partial charge in [-0.05, 0) is 46.2 Å². The molecular weight excluding hydrogens is 320 g/mol. The number of imide groups is 1. The second-order valence-corrected chi connectivity index (χ2v) is 6.91. The molecule has 1 aromatic rings. The maximum Gasteiger partial charge on any atom is 0.407 e. The van der Waals surface area contributed by atoms with Gasteiger partial charge >= 0.3 is 6.09 Å². The molecule has 0 aromatic heterocycles. The van der Waals surface area contributed by atoms with Crippen molar-refractivity contribution in [1.29, 1.82) is 0 Å². The van der Waals surface area contributed by atoms with Crippen molar-refractivity contribution in [3.8, 4) is 0 Å². The molecule has 0 aliphatic carbocycles. The summed E-state index contributed by atoms with van der Waals surface area (Å²) in [6.45, 7) is 7.29. The highest BCUT2D eigenvalue weighted by molar-refractivity contribution is 6.21. The number of nitrogens with zero attached hydrogens (tertiary/aromatic N) is 1. The third-order valence-corrected chi connectivity index (χ3v) is 3.66. The minimum atomic E-state index is -0.620. The van der Waals surface area contributed by atoms with E-state index in [9.17, 15) is 14.4 Å². The number of rotatable bonds is 5. The third kappa shape index (κ3) is 4.68. The number of allylic oxidation sites excluding steroid dienone is 1. The Hall–Kier alpha value is -2.63. The average molecular weight is 344 g/mol. The lowest BCUT2D eigenvalue weighted by atomic mass is 10.1. The van der Waals surface area contributed by atoms with Crippen molar-refractivity contribution in [2.24, 2.45) is 0 Å². The standard InChI is InChI=1S/C19H24N2O4/c1-5-6-9-13(20-18(24)25-19(2,3)4)12-21-16(22)14-10-7-8-11-15(14)17(21)23/h5-8,10-11,13H,9,12H2,1-4H3,(H,20,24)/b6-5-/t13-/m1/s1. The number of amides is 3. The Labute approximate surface area is 147 Å². The fraction of sp³-hybridized carbons (Fsp3) is 0.421. The molecule has 2 rings (SSSR count). The fourth-order valence-electron chi connectivity index (χ4n) is 2.58. The molecule has 25 heavy (non-hydrogen) atoms. The van der Waals surface area contributed by atoms with Gasteiger partial charge in [-0.3, -0.25) is 14.5 Å². The van der Waals surface area contributed by atoms with Gasteiger partial charge in [0.15, 0.2) is 0 Å². The van der Waals surface area contributed by atoms with Crippen LogP contribution in [0.3, 0.4) is 0 Å². The van der Waals surface area contributed by atoms with Crippen LogP contribution < -0.4 is 5.32 Å². The number of hydrogen-bond acceptors (Lipinski definition) is 4. The number of benzene rings is 1. The summed E-state index contributed by atoms with van der Waals surface area (Å²) in [5.74, 6) is -0.672. The van der Waals surface area contributed by atoms with Gasteiger partial charge < -0.3 is 10.1 Å². The lowest BCUT2D eigenvalue weighted by Crippen LogP contribution is -2.47. The Bertz CT molecular complexity index is 669. The summed E-state index contributed by atoms with van der Waals surface area (Å²) in [6, 6.07) is 6.30. The zero-order valence-corrected chi connectivity index (χ0v) is 15.0. The Balaban J connectivity index is 2.11. The van der Waals surface area contributed by atoms with Gasteiger partial charge in [0.2, 0.25) is 0 Å². The Kier molecular flexibility index (Phi) is 5.62. The lowest BCUT2D eigenvalue weighted by Gasteiger charge is -2.25. The van der Waals surface area contributed by atoms with E-state index in [0.717, 1.165) is 0 Å². The second kappa shape index (κ2) is 7.51. The fourth-order valence-corrected chi connectivity index (χ4v) is 2.58. The van der Waals surface area contributed by atoms with Crippen LogP contribution in [0.4, 0.5) is 4.79 Å². The van der Waals surface area contributed by atoms with Crippen molar-refractivity contribution in [3.63, 3.8) is 0 Å². The average Bonchev–Trinajstić information content (AvgIpc) is 2.76. The predicted molar refractivity (Wildman–Crippen MR) is 94.4 cm³/mol. The number of alkyl carbamates (subject to hydrolysis) is 1. The highest BCUT2D eigenvalue weighted by atomic mass is 16.6. The van der Waals surface area contributed by atoms with Crippen LogP contribution in [0, 0.1) is 0 Å². The van der Waals surface area contributed by atoms with Crippen molar-refractivity contribution in [1.82, 2.24) is 10.2 Å². The van der Waals surface area contributed by atoms with Gasteiger partial charge in [-0.2, -0.15) is 0 Å². The summed E-state index contributed by atoms with van der Waals surface area (Å²) in [5.41, 5.74) is 0.175. The predicted octanol–water partition coefficient (Wildman–Crippen LogP) is 3.14. The first-order chi connectivity index (χ1) is 11.7. The van der Waals surface area contributed by atoms with E-state index in [0.29, 0.717) is 17.5 Å². The largest absolute Gasteiger partial charge is 0.444 e. The SMILES string of the molecule is C/C=C\C[C@H](CN1C(=O)c2ccccc2C1=O)NC(=O)OC(C)(C)C. The molecular formula is C19H24N2O4. The van der Waals surface area contributed by atoms with Crippen LogP contribution in [0.15, 0.2) is 36.4 Å². The van der Waals surface area contributed by atoms with Crippen LogP contribution in [-0.4, -0.2) is 41.0 Å². The Morgan fingerprint density at radius 3 is 2.24 bits per heavy atom. The summed E-state index contributed by atoms with van der Waals surface area (Å²) in [7, 11) is 0. The van der Waals surface area contributed by atoms with Crippen molar-refractivity contribution in [2.75, 3.05) is 6.54 Å². The van der Waals surface area contributed by atoms with Crippen LogP contribution in [-0.2, 0) is 4.74 Å². The summed E-state index contributed by atoms with van der Waals surface area (Å²) in [4.78, 5) is 38.2. The monoisotopic (exact) mass is 344 g/mol. The highest BCUT2D eigenvalue weighted by Gasteiger charge is 2.36. The summed E-state index contributed by atoms with van der Waals surface area (Å²) in [5, 5.41) is 2.74. The Morgan fingerprint density at radius 2 is 1.76 bits per heavy atom. The minimum absolute atomic E-state index is 0.0932. The molecule has 0 saturated heterocycles. The molecule has 0 saturated carbocycles. The normalized spacial score (nSPS) is 15.4. The molecule has 6 nitrogen and oxygen atoms in total. The van der Waals surface area contributed by atoms with Crippen LogP contribution in [0.25, 0.3) is 0 Å². The van der Waals surface area contributed by atoms with E-state index >= 15 is 0 Å². The molecule has 0 radical (unpaired) electrons. The molecule has 0 bridgehead atoms. The van der Waals surface area contributed by atoms with Crippen molar-refractivity contribution >= 4 is 17.9 Å². The summed E-state index contributed by atoms with van der Waals surface area (Å²) >= 11 is 0. The van der Waals surface area contributed by atoms with E-state index < -0.39 is 17.7 Å². The molecule has 0 fully saturated rings. The van der Waals surface area contributed by atoms with E-state index in [-0.39, 0.29) is 18.4 Å². The lowest BCUT2D eigenvalue weighted by molar-refractivity contribution is 0.0469. The summed E-state index contributed by atoms with van der Waals surface area (Å²) in [6.07, 6.45) is 3.65. The number of fused-ring (bicyclic) bond motifs is 1. The van der Waals surface area contributed by atoms with Crippen LogP contribution in [0.2, 0.25) is 0 Å². The van der Waals surface area contributed by atoms with Crippen LogP contribution >= 0.6 is 0 Å². The first kappa shape index (κ1) is 18.7. The first-order valence-electron chi connectivity index (χ1n) is 8.29. The number of carbonyl (C=O) groups is 3. The Morgan fingerprint density at radius 1 is 1.20 bits per heavy atom. The van der Waals surface area contributed by atoms with E-state index in [2.05, 4.69) is 5.32 Å². The van der Waals surface area contributed by atoms with Gasteiger partial charge in [-0.1, -0.05) is 24.3 Å².